The van der Waals surface area contributed by atoms with Gasteiger partial charge in [-0.15, -0.1) is 0 Å². The zero-order chi connectivity index (χ0) is 12.5. The highest BCUT2D eigenvalue weighted by atomic mass is 16.3. The molecule has 4 saturated carbocycles. The lowest BCUT2D eigenvalue weighted by atomic mass is 9.47. The van der Waals surface area contributed by atoms with Crippen molar-refractivity contribution in [1.82, 2.24) is 9.80 Å². The lowest BCUT2D eigenvalue weighted by Crippen LogP contribution is -2.72. The van der Waals surface area contributed by atoms with Crippen LogP contribution in [0, 0.1) is 5.92 Å². The summed E-state index contributed by atoms with van der Waals surface area (Å²) >= 11 is 0. The minimum absolute atomic E-state index is 0.248. The van der Waals surface area contributed by atoms with Crippen LogP contribution in [0.1, 0.15) is 38.5 Å². The van der Waals surface area contributed by atoms with E-state index in [2.05, 4.69) is 38.0 Å². The van der Waals surface area contributed by atoms with Gasteiger partial charge in [-0.2, -0.15) is 0 Å². The Kier molecular flexibility index (Phi) is 2.28. The van der Waals surface area contributed by atoms with Crippen LogP contribution < -0.4 is 0 Å². The molecule has 4 aliphatic rings. The summed E-state index contributed by atoms with van der Waals surface area (Å²) in [7, 11) is 8.78. The first-order chi connectivity index (χ1) is 7.79. The van der Waals surface area contributed by atoms with Gasteiger partial charge >= 0.3 is 0 Å². The second kappa shape index (κ2) is 3.25. The Bertz CT molecular complexity index is 315. The van der Waals surface area contributed by atoms with E-state index in [4.69, 9.17) is 0 Å². The van der Waals surface area contributed by atoms with Crippen molar-refractivity contribution in [2.24, 2.45) is 5.92 Å². The zero-order valence-corrected chi connectivity index (χ0v) is 11.7. The summed E-state index contributed by atoms with van der Waals surface area (Å²) in [4.78, 5) is 4.78. The molecule has 0 aliphatic heterocycles. The Labute approximate surface area is 105 Å². The van der Waals surface area contributed by atoms with Crippen molar-refractivity contribution >= 4 is 0 Å². The minimum atomic E-state index is -0.395. The van der Waals surface area contributed by atoms with E-state index in [0.717, 1.165) is 25.2 Å². The van der Waals surface area contributed by atoms with Gasteiger partial charge in [0, 0.05) is 11.1 Å². The monoisotopic (exact) mass is 238 g/mol. The lowest BCUT2D eigenvalue weighted by Gasteiger charge is -2.68. The molecule has 0 saturated heterocycles. The van der Waals surface area contributed by atoms with E-state index in [9.17, 15) is 5.11 Å². The maximum Gasteiger partial charge on any atom is 0.0685 e. The fourth-order valence-electron chi connectivity index (χ4n) is 5.28. The first-order valence-corrected chi connectivity index (χ1v) is 6.87. The van der Waals surface area contributed by atoms with Crippen LogP contribution in [-0.4, -0.2) is 59.8 Å². The maximum absolute atomic E-state index is 10.9. The molecule has 17 heavy (non-hydrogen) atoms. The van der Waals surface area contributed by atoms with Gasteiger partial charge in [0.25, 0.3) is 0 Å². The summed E-state index contributed by atoms with van der Waals surface area (Å²) in [6.45, 7) is 0. The van der Waals surface area contributed by atoms with Crippen molar-refractivity contribution in [2.45, 2.75) is 55.2 Å². The fourth-order valence-corrected chi connectivity index (χ4v) is 5.28. The first-order valence-electron chi connectivity index (χ1n) is 6.87. The third-order valence-corrected chi connectivity index (χ3v) is 5.88. The zero-order valence-electron chi connectivity index (χ0n) is 11.7. The quantitative estimate of drug-likeness (QED) is 0.786. The standard InChI is InChI=1S/C14H26N2O/c1-15(2)12-5-11-6-13(8-12,16(3)4)10-14(17,7-11)9-12/h11,17H,5-10H2,1-4H3. The van der Waals surface area contributed by atoms with Crippen molar-refractivity contribution in [3.05, 3.63) is 0 Å². The van der Waals surface area contributed by atoms with Gasteiger partial charge in [0.1, 0.15) is 0 Å². The van der Waals surface area contributed by atoms with E-state index < -0.39 is 5.60 Å². The summed E-state index contributed by atoms with van der Waals surface area (Å²) in [5, 5.41) is 10.9. The first kappa shape index (κ1) is 11.9. The van der Waals surface area contributed by atoms with E-state index in [1.807, 2.05) is 0 Å². The molecule has 2 unspecified atom stereocenters. The summed E-state index contributed by atoms with van der Waals surface area (Å²) in [6.07, 6.45) is 6.82. The van der Waals surface area contributed by atoms with Crippen LogP contribution in [0.4, 0.5) is 0 Å². The minimum Gasteiger partial charge on any atom is -0.390 e. The van der Waals surface area contributed by atoms with E-state index in [0.29, 0.717) is 0 Å². The molecule has 0 amide bonds. The molecule has 0 spiro atoms. The highest BCUT2D eigenvalue weighted by Crippen LogP contribution is 2.61. The average Bonchev–Trinajstić information content (AvgIpc) is 2.12. The predicted octanol–water partition coefficient (Wildman–Crippen LogP) is 1.32. The van der Waals surface area contributed by atoms with Gasteiger partial charge in [-0.3, -0.25) is 0 Å². The van der Waals surface area contributed by atoms with Crippen molar-refractivity contribution in [3.63, 3.8) is 0 Å². The Morgan fingerprint density at radius 1 is 0.824 bits per heavy atom. The Morgan fingerprint density at radius 3 is 1.65 bits per heavy atom. The van der Waals surface area contributed by atoms with Crippen LogP contribution in [-0.2, 0) is 0 Å². The van der Waals surface area contributed by atoms with Crippen LogP contribution in [0.15, 0.2) is 0 Å². The Hall–Kier alpha value is -0.120. The van der Waals surface area contributed by atoms with Crippen molar-refractivity contribution in [2.75, 3.05) is 28.2 Å². The van der Waals surface area contributed by atoms with E-state index in [-0.39, 0.29) is 11.1 Å². The molecule has 0 aromatic carbocycles. The Balaban J connectivity index is 2.03. The average molecular weight is 238 g/mol. The second-order valence-corrected chi connectivity index (χ2v) is 7.47. The van der Waals surface area contributed by atoms with Crippen LogP contribution >= 0.6 is 0 Å². The lowest BCUT2D eigenvalue weighted by molar-refractivity contribution is -0.203. The Morgan fingerprint density at radius 2 is 1.29 bits per heavy atom. The highest BCUT2D eigenvalue weighted by Gasteiger charge is 2.64. The van der Waals surface area contributed by atoms with Crippen molar-refractivity contribution < 1.29 is 5.11 Å². The highest BCUT2D eigenvalue weighted by molar-refractivity contribution is 5.20. The number of rotatable bonds is 2. The van der Waals surface area contributed by atoms with Crippen LogP contribution in [0.25, 0.3) is 0 Å². The normalized spacial score (nSPS) is 52.8. The van der Waals surface area contributed by atoms with E-state index in [1.165, 1.54) is 19.3 Å². The molecule has 98 valence electrons. The van der Waals surface area contributed by atoms with Crippen LogP contribution in [0.5, 0.6) is 0 Å². The molecule has 3 heteroatoms. The SMILES string of the molecule is CN(C)C12CC3CC(O)(C1)CC(N(C)C)(C3)C2. The fraction of sp³-hybridized carbons (Fsp3) is 1.00. The third-order valence-electron chi connectivity index (χ3n) is 5.88. The predicted molar refractivity (Wildman–Crippen MR) is 69.0 cm³/mol. The molecule has 4 fully saturated rings. The van der Waals surface area contributed by atoms with Gasteiger partial charge in [0.15, 0.2) is 0 Å². The molecule has 2 atom stereocenters. The molecule has 0 aromatic rings. The molecule has 3 nitrogen and oxygen atoms in total. The molecule has 4 aliphatic carbocycles. The topological polar surface area (TPSA) is 26.7 Å². The van der Waals surface area contributed by atoms with Gasteiger partial charge in [0.2, 0.25) is 0 Å². The summed E-state index contributed by atoms with van der Waals surface area (Å²) in [5.41, 5.74) is 0.102. The molecular formula is C14H26N2O. The molecule has 1 N–H and O–H groups in total. The summed E-state index contributed by atoms with van der Waals surface area (Å²) < 4.78 is 0. The smallest absolute Gasteiger partial charge is 0.0685 e. The number of aliphatic hydroxyl groups is 1. The van der Waals surface area contributed by atoms with E-state index >= 15 is 0 Å². The molecule has 4 bridgehead atoms. The maximum atomic E-state index is 10.9. The van der Waals surface area contributed by atoms with Gasteiger partial charge in [-0.25, -0.2) is 0 Å². The molecule has 0 aromatic heterocycles. The number of hydrogen-bond acceptors (Lipinski definition) is 3. The molecular weight excluding hydrogens is 212 g/mol. The van der Waals surface area contributed by atoms with Crippen molar-refractivity contribution in [1.29, 1.82) is 0 Å². The van der Waals surface area contributed by atoms with Crippen LogP contribution in [0.3, 0.4) is 0 Å². The largest absolute Gasteiger partial charge is 0.390 e. The molecule has 0 heterocycles. The van der Waals surface area contributed by atoms with E-state index in [1.54, 1.807) is 0 Å². The second-order valence-electron chi connectivity index (χ2n) is 7.47. The number of hydrogen-bond donors (Lipinski definition) is 1. The van der Waals surface area contributed by atoms with Gasteiger partial charge in [0.05, 0.1) is 5.60 Å². The van der Waals surface area contributed by atoms with Crippen LogP contribution in [0.2, 0.25) is 0 Å². The molecule has 4 rings (SSSR count). The van der Waals surface area contributed by atoms with Gasteiger partial charge in [-0.1, -0.05) is 0 Å². The summed E-state index contributed by atoms with van der Waals surface area (Å²) in [5.74, 6) is 0.723. The summed E-state index contributed by atoms with van der Waals surface area (Å²) in [6, 6.07) is 0. The van der Waals surface area contributed by atoms with Gasteiger partial charge in [-0.05, 0) is 72.6 Å². The molecule has 0 radical (unpaired) electrons. The third kappa shape index (κ3) is 1.52. The number of nitrogens with zero attached hydrogens (tertiary/aromatic N) is 2. The van der Waals surface area contributed by atoms with Crippen molar-refractivity contribution in [3.8, 4) is 0 Å². The van der Waals surface area contributed by atoms with Gasteiger partial charge < -0.3 is 14.9 Å².